The number of nitrogens with one attached hydrogen (secondary N) is 2. The molecular weight excluding hydrogens is 439 g/mol. The van der Waals surface area contributed by atoms with Crippen LogP contribution in [-0.2, 0) is 20.2 Å². The summed E-state index contributed by atoms with van der Waals surface area (Å²) in [6, 6.07) is 18.6. The highest BCUT2D eigenvalue weighted by atomic mass is 35.5. The number of carbonyl (C=O) groups is 1. The topological polar surface area (TPSA) is 75.3 Å². The van der Waals surface area contributed by atoms with Crippen molar-refractivity contribution >= 4 is 38.9 Å². The van der Waals surface area contributed by atoms with Crippen molar-refractivity contribution in [2.75, 3.05) is 10.0 Å². The van der Waals surface area contributed by atoms with Crippen molar-refractivity contribution < 1.29 is 17.6 Å². The van der Waals surface area contributed by atoms with E-state index in [4.69, 9.17) is 11.6 Å². The van der Waals surface area contributed by atoms with E-state index in [9.17, 15) is 17.6 Å². The van der Waals surface area contributed by atoms with Crippen LogP contribution in [0.15, 0.2) is 77.7 Å². The van der Waals surface area contributed by atoms with Crippen LogP contribution >= 0.6 is 11.6 Å². The average Bonchev–Trinajstić information content (AvgIpc) is 2.69. The van der Waals surface area contributed by atoms with E-state index >= 15 is 0 Å². The largest absolute Gasteiger partial charge is 0.325 e. The minimum atomic E-state index is -3.91. The van der Waals surface area contributed by atoms with Gasteiger partial charge in [-0.2, -0.15) is 0 Å². The number of amides is 1. The summed E-state index contributed by atoms with van der Waals surface area (Å²) in [6.07, 6.45) is 2.07. The molecule has 3 aromatic rings. The smallest absolute Gasteiger partial charge is 0.262 e. The maximum atomic E-state index is 13.7. The van der Waals surface area contributed by atoms with E-state index in [0.29, 0.717) is 24.1 Å². The van der Waals surface area contributed by atoms with Crippen molar-refractivity contribution in [2.45, 2.75) is 29.6 Å². The van der Waals surface area contributed by atoms with Crippen LogP contribution in [0.4, 0.5) is 15.8 Å². The van der Waals surface area contributed by atoms with E-state index in [1.54, 1.807) is 48.5 Å². The highest BCUT2D eigenvalue weighted by Gasteiger charge is 2.45. The van der Waals surface area contributed by atoms with Crippen LogP contribution in [0.2, 0.25) is 5.02 Å². The van der Waals surface area contributed by atoms with Crippen molar-refractivity contribution in [1.82, 2.24) is 0 Å². The fraction of sp³-hybridized carbons (Fsp3) is 0.174. The number of hydrogen-bond acceptors (Lipinski definition) is 3. The maximum Gasteiger partial charge on any atom is 0.262 e. The van der Waals surface area contributed by atoms with E-state index < -0.39 is 21.3 Å². The van der Waals surface area contributed by atoms with Crippen molar-refractivity contribution in [3.05, 3.63) is 89.2 Å². The summed E-state index contributed by atoms with van der Waals surface area (Å²) < 4.78 is 41.8. The van der Waals surface area contributed by atoms with Crippen LogP contribution in [0.5, 0.6) is 0 Å². The molecule has 1 fully saturated rings. The number of para-hydroxylation sites is 1. The summed E-state index contributed by atoms with van der Waals surface area (Å²) in [5.41, 5.74) is 0.417. The van der Waals surface area contributed by atoms with E-state index in [0.717, 1.165) is 6.42 Å². The highest BCUT2D eigenvalue weighted by Crippen LogP contribution is 2.44. The van der Waals surface area contributed by atoms with Crippen LogP contribution in [-0.4, -0.2) is 14.3 Å². The summed E-state index contributed by atoms with van der Waals surface area (Å²) in [5.74, 6) is -0.673. The van der Waals surface area contributed by atoms with Crippen LogP contribution in [0.25, 0.3) is 0 Å². The Labute approximate surface area is 185 Å². The number of carbonyl (C=O) groups excluding carboxylic acids is 1. The van der Waals surface area contributed by atoms with Crippen LogP contribution in [0.1, 0.15) is 24.8 Å². The molecule has 1 saturated carbocycles. The third-order valence-electron chi connectivity index (χ3n) is 5.54. The maximum absolute atomic E-state index is 13.7. The average molecular weight is 459 g/mol. The van der Waals surface area contributed by atoms with Gasteiger partial charge in [-0.3, -0.25) is 9.52 Å². The number of benzene rings is 3. The van der Waals surface area contributed by atoms with Gasteiger partial charge in [0, 0.05) is 5.69 Å². The predicted octanol–water partition coefficient (Wildman–Crippen LogP) is 5.34. The normalized spacial score (nSPS) is 15.0. The Balaban J connectivity index is 1.57. The molecule has 2 N–H and O–H groups in total. The summed E-state index contributed by atoms with van der Waals surface area (Å²) in [5, 5.41) is 3.09. The van der Waals surface area contributed by atoms with Crippen molar-refractivity contribution in [2.24, 2.45) is 0 Å². The van der Waals surface area contributed by atoms with E-state index in [2.05, 4.69) is 10.0 Å². The zero-order chi connectivity index (χ0) is 22.1. The molecule has 160 valence electrons. The molecule has 0 bridgehead atoms. The third-order valence-corrected chi connectivity index (χ3v) is 7.23. The van der Waals surface area contributed by atoms with Gasteiger partial charge in [-0.25, -0.2) is 12.8 Å². The fourth-order valence-corrected chi connectivity index (χ4v) is 5.07. The van der Waals surface area contributed by atoms with Gasteiger partial charge in [-0.15, -0.1) is 0 Å². The van der Waals surface area contributed by atoms with Gasteiger partial charge in [0.1, 0.15) is 5.82 Å². The summed E-state index contributed by atoms with van der Waals surface area (Å²) >= 11 is 6.05. The lowest BCUT2D eigenvalue weighted by Crippen LogP contribution is -2.46. The number of anilines is 2. The fourth-order valence-electron chi connectivity index (χ4n) is 3.70. The number of rotatable bonds is 6. The lowest BCUT2D eigenvalue weighted by atomic mass is 9.63. The zero-order valence-electron chi connectivity index (χ0n) is 16.4. The molecule has 3 aromatic carbocycles. The summed E-state index contributed by atoms with van der Waals surface area (Å²) in [7, 11) is -3.91. The van der Waals surface area contributed by atoms with Crippen LogP contribution in [0.3, 0.4) is 0 Å². The van der Waals surface area contributed by atoms with E-state index in [1.165, 1.54) is 24.3 Å². The van der Waals surface area contributed by atoms with Crippen molar-refractivity contribution in [3.63, 3.8) is 0 Å². The third kappa shape index (κ3) is 4.29. The van der Waals surface area contributed by atoms with E-state index in [1.807, 2.05) is 0 Å². The lowest BCUT2D eigenvalue weighted by Gasteiger charge is -2.40. The van der Waals surface area contributed by atoms with Gasteiger partial charge in [0.15, 0.2) is 0 Å². The Morgan fingerprint density at radius 1 is 0.968 bits per heavy atom. The standard InChI is InChI=1S/C23H20ClFN2O3S/c24-20-10-1-2-11-21(20)27-31(29,30)19-9-4-8-18(15-19)26-22(28)23(12-5-13-23)16-6-3-7-17(25)14-16/h1-4,6-11,14-15,27H,5,12-13H2,(H,26,28). The van der Waals surface area contributed by atoms with Gasteiger partial charge in [0.05, 0.1) is 21.0 Å². The molecule has 0 aliphatic heterocycles. The minimum Gasteiger partial charge on any atom is -0.325 e. The second-order valence-corrected chi connectivity index (χ2v) is 9.60. The molecule has 5 nitrogen and oxygen atoms in total. The highest BCUT2D eigenvalue weighted by molar-refractivity contribution is 7.92. The molecule has 0 saturated heterocycles. The Bertz CT molecular complexity index is 1240. The minimum absolute atomic E-state index is 0.0152. The predicted molar refractivity (Wildman–Crippen MR) is 119 cm³/mol. The SMILES string of the molecule is O=C(Nc1cccc(S(=O)(=O)Nc2ccccc2Cl)c1)C1(c2cccc(F)c2)CCC1. The molecule has 0 unspecified atom stereocenters. The Morgan fingerprint density at radius 3 is 2.39 bits per heavy atom. The molecule has 0 radical (unpaired) electrons. The van der Waals surface area contributed by atoms with Crippen molar-refractivity contribution in [1.29, 1.82) is 0 Å². The van der Waals surface area contributed by atoms with Crippen LogP contribution < -0.4 is 10.0 Å². The van der Waals surface area contributed by atoms with E-state index in [-0.39, 0.29) is 21.5 Å². The molecule has 1 aliphatic carbocycles. The molecule has 4 rings (SSSR count). The van der Waals surface area contributed by atoms with Gasteiger partial charge in [-0.1, -0.05) is 48.4 Å². The van der Waals surface area contributed by atoms with Crippen LogP contribution in [0, 0.1) is 5.82 Å². The first-order valence-electron chi connectivity index (χ1n) is 9.75. The molecule has 0 aromatic heterocycles. The summed E-state index contributed by atoms with van der Waals surface area (Å²) in [6.45, 7) is 0. The molecule has 31 heavy (non-hydrogen) atoms. The Kier molecular flexibility index (Phi) is 5.73. The van der Waals surface area contributed by atoms with Crippen molar-refractivity contribution in [3.8, 4) is 0 Å². The number of halogens is 2. The van der Waals surface area contributed by atoms with Gasteiger partial charge in [0.25, 0.3) is 10.0 Å². The molecule has 0 heterocycles. The Morgan fingerprint density at radius 2 is 1.71 bits per heavy atom. The molecule has 1 amide bonds. The lowest BCUT2D eigenvalue weighted by molar-refractivity contribution is -0.124. The molecule has 0 atom stereocenters. The summed E-state index contributed by atoms with van der Waals surface area (Å²) in [4.78, 5) is 13.1. The molecule has 8 heteroatoms. The first kappa shape index (κ1) is 21.3. The number of sulfonamides is 1. The zero-order valence-corrected chi connectivity index (χ0v) is 18.0. The first-order valence-corrected chi connectivity index (χ1v) is 11.6. The molecular formula is C23H20ClFN2O3S. The quantitative estimate of drug-likeness (QED) is 0.523. The number of hydrogen-bond donors (Lipinski definition) is 2. The second kappa shape index (κ2) is 8.32. The first-order chi connectivity index (χ1) is 14.8. The Hall–Kier alpha value is -2.90. The monoisotopic (exact) mass is 458 g/mol. The van der Waals surface area contributed by atoms with Gasteiger partial charge in [-0.05, 0) is 60.9 Å². The van der Waals surface area contributed by atoms with Gasteiger partial charge >= 0.3 is 0 Å². The molecule has 1 aliphatic rings. The van der Waals surface area contributed by atoms with Gasteiger partial charge in [0.2, 0.25) is 5.91 Å². The second-order valence-electron chi connectivity index (χ2n) is 7.51. The molecule has 0 spiro atoms. The van der Waals surface area contributed by atoms with Gasteiger partial charge < -0.3 is 5.32 Å².